The van der Waals surface area contributed by atoms with Crippen LogP contribution in [0.4, 0.5) is 5.82 Å². The van der Waals surface area contributed by atoms with Crippen LogP contribution >= 0.6 is 0 Å². The molecule has 4 aromatic rings. The Balaban J connectivity index is 1.24. The lowest BCUT2D eigenvalue weighted by Gasteiger charge is -2.27. The van der Waals surface area contributed by atoms with E-state index in [1.807, 2.05) is 40.5 Å². The van der Waals surface area contributed by atoms with E-state index >= 15 is 0 Å². The Kier molecular flexibility index (Phi) is 6.07. The lowest BCUT2D eigenvalue weighted by molar-refractivity contribution is 0.0726. The van der Waals surface area contributed by atoms with E-state index < -0.39 is 10.0 Å². The van der Waals surface area contributed by atoms with Crippen LogP contribution in [-0.2, 0) is 16.6 Å². The molecule has 4 aromatic heterocycles. The van der Waals surface area contributed by atoms with Crippen molar-refractivity contribution in [1.82, 2.24) is 23.8 Å². The second kappa shape index (κ2) is 9.68. The zero-order chi connectivity index (χ0) is 29.6. The summed E-state index contributed by atoms with van der Waals surface area (Å²) in [4.78, 5) is 25.7. The third kappa shape index (κ3) is 4.24. The molecule has 0 spiro atoms. The normalized spacial score (nSPS) is 24.9. The Morgan fingerprint density at radius 2 is 1.93 bits per heavy atom. The van der Waals surface area contributed by atoms with Crippen LogP contribution in [0.2, 0.25) is 0 Å². The van der Waals surface area contributed by atoms with Crippen LogP contribution in [-0.4, -0.2) is 75.7 Å². The first kappa shape index (κ1) is 26.9. The van der Waals surface area contributed by atoms with E-state index in [1.165, 1.54) is 4.31 Å². The molecular weight excluding hydrogens is 566 g/mol. The van der Waals surface area contributed by atoms with Crippen molar-refractivity contribution in [3.63, 3.8) is 0 Å². The lowest BCUT2D eigenvalue weighted by atomic mass is 9.97. The number of anilines is 1. The molecule has 2 bridgehead atoms. The summed E-state index contributed by atoms with van der Waals surface area (Å²) in [7, 11) is -1.76. The lowest BCUT2D eigenvalue weighted by Crippen LogP contribution is -2.40. The number of ether oxygens (including phenoxy) is 1. The molecule has 3 aliphatic heterocycles. The Labute approximate surface area is 250 Å². The first-order valence-electron chi connectivity index (χ1n) is 15.4. The maximum atomic E-state index is 13.8. The minimum absolute atomic E-state index is 0.0179. The minimum atomic E-state index is -3.38. The Bertz CT molecular complexity index is 1890. The number of aromatic nitrogens is 4. The van der Waals surface area contributed by atoms with Crippen molar-refractivity contribution in [3.05, 3.63) is 41.6 Å². The minimum Gasteiger partial charge on any atom is -0.482 e. The summed E-state index contributed by atoms with van der Waals surface area (Å²) < 4.78 is 37.1. The van der Waals surface area contributed by atoms with Gasteiger partial charge in [-0.05, 0) is 82.1 Å². The monoisotopic (exact) mass is 603 g/mol. The van der Waals surface area contributed by atoms with Gasteiger partial charge < -0.3 is 19.9 Å². The largest absolute Gasteiger partial charge is 0.482 e. The number of fused-ring (bicyclic) bond motifs is 4. The van der Waals surface area contributed by atoms with Crippen molar-refractivity contribution < 1.29 is 17.9 Å². The maximum absolute atomic E-state index is 13.8. The number of aryl methyl sites for hydroxylation is 1. The summed E-state index contributed by atoms with van der Waals surface area (Å²) in [6.07, 6.45) is 6.63. The van der Waals surface area contributed by atoms with Gasteiger partial charge >= 0.3 is 0 Å². The van der Waals surface area contributed by atoms with E-state index in [2.05, 4.69) is 10.6 Å². The van der Waals surface area contributed by atoms with E-state index in [4.69, 9.17) is 20.4 Å². The fourth-order valence-electron chi connectivity index (χ4n) is 7.54. The highest BCUT2D eigenvalue weighted by atomic mass is 32.2. The summed E-state index contributed by atoms with van der Waals surface area (Å²) in [5.74, 6) is 1.71. The second-order valence-electron chi connectivity index (χ2n) is 12.7. The molecule has 3 saturated heterocycles. The van der Waals surface area contributed by atoms with Crippen LogP contribution in [0.25, 0.3) is 28.1 Å². The Morgan fingerprint density at radius 3 is 2.63 bits per heavy atom. The molecule has 1 aliphatic carbocycles. The number of rotatable bonds is 6. The SMILES string of the molecule is COc1cc(C(=O)N2[C@H]3CC[C@@H]2[C@H](N)C3)cc2nc(-c3cc4ccc(N5CCCCS5(=O)=O)nc4n3CC3CC3)c(C)n12. The summed E-state index contributed by atoms with van der Waals surface area (Å²) in [6.45, 7) is 3.25. The van der Waals surface area contributed by atoms with Gasteiger partial charge in [0.25, 0.3) is 5.91 Å². The molecule has 7 heterocycles. The van der Waals surface area contributed by atoms with E-state index in [-0.39, 0.29) is 29.8 Å². The van der Waals surface area contributed by atoms with Crippen molar-refractivity contribution in [3.8, 4) is 17.3 Å². The number of carbonyl (C=O) groups excluding carboxylic acids is 1. The molecule has 226 valence electrons. The van der Waals surface area contributed by atoms with Crippen LogP contribution in [0.3, 0.4) is 0 Å². The number of imidazole rings is 1. The average molecular weight is 604 g/mol. The van der Waals surface area contributed by atoms with Gasteiger partial charge in [0.1, 0.15) is 22.8 Å². The third-order valence-corrected chi connectivity index (χ3v) is 11.8. The quantitative estimate of drug-likeness (QED) is 0.356. The van der Waals surface area contributed by atoms with Crippen molar-refractivity contribution in [1.29, 1.82) is 0 Å². The number of nitrogens with two attached hydrogens (primary N) is 1. The summed E-state index contributed by atoms with van der Waals surface area (Å²) in [5.41, 5.74) is 10.9. The highest BCUT2D eigenvalue weighted by Crippen LogP contribution is 2.40. The molecule has 12 heteroatoms. The molecule has 4 aliphatic rings. The molecule has 1 amide bonds. The van der Waals surface area contributed by atoms with Gasteiger partial charge in [-0.3, -0.25) is 13.5 Å². The first-order chi connectivity index (χ1) is 20.7. The zero-order valence-electron chi connectivity index (χ0n) is 24.6. The van der Waals surface area contributed by atoms with E-state index in [0.717, 1.165) is 73.2 Å². The summed E-state index contributed by atoms with van der Waals surface area (Å²) in [6, 6.07) is 9.85. The van der Waals surface area contributed by atoms with Crippen LogP contribution in [0.5, 0.6) is 5.88 Å². The van der Waals surface area contributed by atoms with Gasteiger partial charge in [0.15, 0.2) is 5.88 Å². The summed E-state index contributed by atoms with van der Waals surface area (Å²) >= 11 is 0. The van der Waals surface area contributed by atoms with Crippen LogP contribution < -0.4 is 14.8 Å². The predicted octanol–water partition coefficient (Wildman–Crippen LogP) is 3.71. The first-order valence-corrected chi connectivity index (χ1v) is 17.0. The van der Waals surface area contributed by atoms with E-state index in [1.54, 1.807) is 7.11 Å². The van der Waals surface area contributed by atoms with Crippen LogP contribution in [0.1, 0.15) is 61.0 Å². The third-order valence-electron chi connectivity index (χ3n) is 9.91. The Morgan fingerprint density at radius 1 is 1.09 bits per heavy atom. The fraction of sp³-hybridized carbons (Fsp3) is 0.516. The molecule has 43 heavy (non-hydrogen) atoms. The molecule has 0 unspecified atom stereocenters. The summed E-state index contributed by atoms with van der Waals surface area (Å²) in [5, 5.41) is 0.939. The number of nitrogens with zero attached hydrogens (tertiary/aromatic N) is 6. The number of hydrogen-bond acceptors (Lipinski definition) is 7. The predicted molar refractivity (Wildman–Crippen MR) is 164 cm³/mol. The molecule has 2 N–H and O–H groups in total. The number of sulfonamides is 1. The van der Waals surface area contributed by atoms with Crippen molar-refractivity contribution in [2.45, 2.75) is 76.5 Å². The van der Waals surface area contributed by atoms with Gasteiger partial charge in [-0.15, -0.1) is 0 Å². The molecule has 3 atom stereocenters. The number of methoxy groups -OCH3 is 1. The number of pyridine rings is 2. The van der Waals surface area contributed by atoms with Gasteiger partial charge in [0.05, 0.1) is 24.3 Å². The molecular formula is C31H37N7O4S. The number of hydrogen-bond donors (Lipinski definition) is 1. The highest BCUT2D eigenvalue weighted by Gasteiger charge is 2.47. The molecule has 4 fully saturated rings. The van der Waals surface area contributed by atoms with Crippen molar-refractivity contribution in [2.75, 3.05) is 23.7 Å². The van der Waals surface area contributed by atoms with Crippen molar-refractivity contribution in [2.24, 2.45) is 11.7 Å². The van der Waals surface area contributed by atoms with Gasteiger partial charge in [-0.2, -0.15) is 0 Å². The van der Waals surface area contributed by atoms with Gasteiger partial charge in [-0.1, -0.05) is 0 Å². The van der Waals surface area contributed by atoms with Gasteiger partial charge in [0, 0.05) is 48.2 Å². The van der Waals surface area contributed by atoms with E-state index in [0.29, 0.717) is 41.8 Å². The smallest absolute Gasteiger partial charge is 0.254 e. The topological polar surface area (TPSA) is 128 Å². The van der Waals surface area contributed by atoms with Crippen LogP contribution in [0, 0.1) is 12.8 Å². The molecule has 11 nitrogen and oxygen atoms in total. The van der Waals surface area contributed by atoms with Crippen LogP contribution in [0.15, 0.2) is 30.3 Å². The van der Waals surface area contributed by atoms with Gasteiger partial charge in [0.2, 0.25) is 10.0 Å². The molecule has 1 saturated carbocycles. The zero-order valence-corrected chi connectivity index (χ0v) is 25.4. The molecule has 0 radical (unpaired) electrons. The van der Waals surface area contributed by atoms with Crippen molar-refractivity contribution >= 4 is 38.4 Å². The second-order valence-corrected chi connectivity index (χ2v) is 14.7. The number of carbonyl (C=O) groups is 1. The van der Waals surface area contributed by atoms with Gasteiger partial charge in [-0.25, -0.2) is 18.4 Å². The highest BCUT2D eigenvalue weighted by molar-refractivity contribution is 7.92. The molecule has 8 rings (SSSR count). The Hall–Kier alpha value is -3.64. The molecule has 0 aromatic carbocycles. The number of amides is 1. The fourth-order valence-corrected chi connectivity index (χ4v) is 9.12. The van der Waals surface area contributed by atoms with E-state index in [9.17, 15) is 13.2 Å². The standard InChI is InChI=1S/C31H37N7O4S/c1-18-29(33-27-14-21(15-28(42-2)37(18)27)31(39)38-22-8-9-24(38)23(32)16-22)25-13-20-7-10-26(36-11-3-4-12-43(36,40)41)34-30(20)35(25)17-19-5-6-19/h7,10,13-15,19,22-24H,3-6,8-9,11-12,16-17,32H2,1-2H3/t22-,23+,24+/m0/s1. The maximum Gasteiger partial charge on any atom is 0.254 e. The average Bonchev–Trinajstić information content (AvgIpc) is 3.31.